The lowest BCUT2D eigenvalue weighted by Gasteiger charge is -2.22. The SMILES string of the molecule is Cc1cc(C)c(C(c2ccc[nH]2)c2ccc(C(c3ccc[nH]3)c3c(C)cc(C)cc3C)s2)c(C)c1. The van der Waals surface area contributed by atoms with Gasteiger partial charge in [0.15, 0.2) is 0 Å². The predicted octanol–water partition coefficient (Wildman–Crippen LogP) is 8.62. The van der Waals surface area contributed by atoms with E-state index in [1.165, 1.54) is 65.6 Å². The van der Waals surface area contributed by atoms with E-state index < -0.39 is 0 Å². The summed E-state index contributed by atoms with van der Waals surface area (Å²) in [6.45, 7) is 13.4. The zero-order valence-electron chi connectivity index (χ0n) is 21.5. The van der Waals surface area contributed by atoms with Gasteiger partial charge < -0.3 is 9.97 Å². The van der Waals surface area contributed by atoms with E-state index in [2.05, 4.69) is 112 Å². The smallest absolute Gasteiger partial charge is 0.0589 e. The van der Waals surface area contributed by atoms with Crippen molar-refractivity contribution in [2.75, 3.05) is 0 Å². The number of H-pyrrole nitrogens is 2. The van der Waals surface area contributed by atoms with Gasteiger partial charge in [-0.3, -0.25) is 0 Å². The van der Waals surface area contributed by atoms with Crippen molar-refractivity contribution in [3.8, 4) is 0 Å². The molecule has 0 radical (unpaired) electrons. The Balaban J connectivity index is 1.68. The van der Waals surface area contributed by atoms with E-state index >= 15 is 0 Å². The van der Waals surface area contributed by atoms with E-state index in [4.69, 9.17) is 0 Å². The molecule has 5 aromatic rings. The molecule has 35 heavy (non-hydrogen) atoms. The number of nitrogens with one attached hydrogen (secondary N) is 2. The summed E-state index contributed by atoms with van der Waals surface area (Å²) in [7, 11) is 0. The van der Waals surface area contributed by atoms with Crippen LogP contribution in [0.2, 0.25) is 0 Å². The lowest BCUT2D eigenvalue weighted by molar-refractivity contribution is 0.927. The van der Waals surface area contributed by atoms with Crippen LogP contribution in [-0.4, -0.2) is 9.97 Å². The van der Waals surface area contributed by atoms with Crippen LogP contribution < -0.4 is 0 Å². The second-order valence-electron chi connectivity index (χ2n) is 9.98. The number of thiophene rings is 1. The number of benzene rings is 2. The molecule has 2 N–H and O–H groups in total. The second kappa shape index (κ2) is 9.39. The van der Waals surface area contributed by atoms with E-state index in [1.807, 2.05) is 23.7 Å². The van der Waals surface area contributed by atoms with Crippen LogP contribution in [0.3, 0.4) is 0 Å². The molecule has 0 amide bonds. The maximum atomic E-state index is 3.53. The first kappa shape index (κ1) is 23.4. The van der Waals surface area contributed by atoms with Crippen LogP contribution in [0.15, 0.2) is 73.1 Å². The van der Waals surface area contributed by atoms with E-state index in [9.17, 15) is 0 Å². The van der Waals surface area contributed by atoms with Crippen molar-refractivity contribution >= 4 is 11.3 Å². The highest BCUT2D eigenvalue weighted by Crippen LogP contribution is 2.44. The van der Waals surface area contributed by atoms with Crippen molar-refractivity contribution in [2.24, 2.45) is 0 Å². The summed E-state index contributed by atoms with van der Waals surface area (Å²) in [5.74, 6) is 0.378. The maximum absolute atomic E-state index is 3.53. The van der Waals surface area contributed by atoms with Crippen LogP contribution in [0.4, 0.5) is 0 Å². The minimum Gasteiger partial charge on any atom is -0.364 e. The fraction of sp³-hybridized carbons (Fsp3) is 0.250. The molecule has 178 valence electrons. The minimum absolute atomic E-state index is 0.189. The standard InChI is InChI=1S/C32H34N2S/c1-19-15-21(3)29(22(4)16-19)31(25-9-7-13-33-25)27-11-12-28(35-27)32(26-10-8-14-34-26)30-23(5)17-20(2)18-24(30)6/h7-18,31-34H,1-6H3. The normalized spacial score (nSPS) is 13.2. The molecule has 0 aliphatic carbocycles. The molecule has 2 atom stereocenters. The van der Waals surface area contributed by atoms with Gasteiger partial charge in [-0.2, -0.15) is 0 Å². The Hall–Kier alpha value is -3.30. The van der Waals surface area contributed by atoms with E-state index in [0.29, 0.717) is 0 Å². The Bertz CT molecular complexity index is 1300. The molecule has 2 nitrogen and oxygen atoms in total. The van der Waals surface area contributed by atoms with Crippen LogP contribution >= 0.6 is 11.3 Å². The molecule has 3 heterocycles. The number of aromatic amines is 2. The van der Waals surface area contributed by atoms with Crippen LogP contribution in [0, 0.1) is 41.5 Å². The van der Waals surface area contributed by atoms with Crippen molar-refractivity contribution in [3.05, 3.63) is 139 Å². The van der Waals surface area contributed by atoms with E-state index in [0.717, 1.165) is 0 Å². The topological polar surface area (TPSA) is 31.6 Å². The predicted molar refractivity (Wildman–Crippen MR) is 149 cm³/mol. The molecule has 5 rings (SSSR count). The summed E-state index contributed by atoms with van der Waals surface area (Å²) in [6.07, 6.45) is 4.08. The second-order valence-corrected chi connectivity index (χ2v) is 11.1. The van der Waals surface area contributed by atoms with Crippen LogP contribution in [0.25, 0.3) is 0 Å². The Kier molecular flexibility index (Phi) is 6.29. The maximum Gasteiger partial charge on any atom is 0.0589 e. The van der Waals surface area contributed by atoms with Gasteiger partial charge in [-0.15, -0.1) is 11.3 Å². The summed E-state index contributed by atoms with van der Waals surface area (Å²) < 4.78 is 0. The molecule has 0 bridgehead atoms. The average Bonchev–Trinajstić information content (AvgIpc) is 3.56. The van der Waals surface area contributed by atoms with Gasteiger partial charge in [-0.05, 0) is 111 Å². The monoisotopic (exact) mass is 478 g/mol. The number of aromatic nitrogens is 2. The molecule has 3 heteroatoms. The first-order valence-electron chi connectivity index (χ1n) is 12.3. The van der Waals surface area contributed by atoms with Gasteiger partial charge in [0.2, 0.25) is 0 Å². The lowest BCUT2D eigenvalue weighted by atomic mass is 9.85. The number of hydrogen-bond acceptors (Lipinski definition) is 1. The Morgan fingerprint density at radius 1 is 0.543 bits per heavy atom. The van der Waals surface area contributed by atoms with Gasteiger partial charge in [-0.25, -0.2) is 0 Å². The fourth-order valence-corrected chi connectivity index (χ4v) is 7.19. The zero-order chi connectivity index (χ0) is 24.7. The molecular weight excluding hydrogens is 444 g/mol. The summed E-state index contributed by atoms with van der Waals surface area (Å²) in [5.41, 5.74) is 13.3. The third-order valence-corrected chi connectivity index (χ3v) is 8.35. The molecule has 0 aliphatic rings. The van der Waals surface area contributed by atoms with Crippen molar-refractivity contribution in [2.45, 2.75) is 53.4 Å². The van der Waals surface area contributed by atoms with Crippen molar-refractivity contribution in [3.63, 3.8) is 0 Å². The molecule has 2 aromatic carbocycles. The summed E-state index contributed by atoms with van der Waals surface area (Å²) in [4.78, 5) is 9.80. The molecule has 2 unspecified atom stereocenters. The number of hydrogen-bond donors (Lipinski definition) is 2. The third-order valence-electron chi connectivity index (χ3n) is 7.14. The van der Waals surface area contributed by atoms with Crippen LogP contribution in [0.1, 0.15) is 77.5 Å². The van der Waals surface area contributed by atoms with Crippen molar-refractivity contribution < 1.29 is 0 Å². The molecule has 3 aromatic heterocycles. The summed E-state index contributed by atoms with van der Waals surface area (Å²) in [5, 5.41) is 0. The largest absolute Gasteiger partial charge is 0.364 e. The number of aryl methyl sites for hydroxylation is 6. The van der Waals surface area contributed by atoms with Crippen LogP contribution in [0.5, 0.6) is 0 Å². The van der Waals surface area contributed by atoms with Gasteiger partial charge in [-0.1, -0.05) is 35.4 Å². The van der Waals surface area contributed by atoms with Gasteiger partial charge in [0.1, 0.15) is 0 Å². The molecule has 0 fully saturated rings. The molecular formula is C32H34N2S. The van der Waals surface area contributed by atoms with Crippen LogP contribution in [-0.2, 0) is 0 Å². The number of rotatable bonds is 6. The molecule has 0 saturated carbocycles. The average molecular weight is 479 g/mol. The highest BCUT2D eigenvalue weighted by atomic mass is 32.1. The first-order chi connectivity index (χ1) is 16.8. The molecule has 0 saturated heterocycles. The van der Waals surface area contributed by atoms with Crippen molar-refractivity contribution in [1.29, 1.82) is 0 Å². The highest BCUT2D eigenvalue weighted by Gasteiger charge is 2.27. The first-order valence-corrected chi connectivity index (χ1v) is 13.2. The Morgan fingerprint density at radius 3 is 1.23 bits per heavy atom. The third kappa shape index (κ3) is 4.41. The van der Waals surface area contributed by atoms with Gasteiger partial charge in [0.05, 0.1) is 11.8 Å². The van der Waals surface area contributed by atoms with E-state index in [-0.39, 0.29) is 11.8 Å². The molecule has 0 spiro atoms. The lowest BCUT2D eigenvalue weighted by Crippen LogP contribution is -2.08. The Labute approximate surface area is 213 Å². The fourth-order valence-electron chi connectivity index (χ4n) is 5.92. The highest BCUT2D eigenvalue weighted by molar-refractivity contribution is 7.12. The Morgan fingerprint density at radius 2 is 0.914 bits per heavy atom. The molecule has 0 aliphatic heterocycles. The summed E-state index contributed by atoms with van der Waals surface area (Å²) in [6, 6.07) is 22.6. The van der Waals surface area contributed by atoms with Gasteiger partial charge >= 0.3 is 0 Å². The van der Waals surface area contributed by atoms with Gasteiger partial charge in [0, 0.05) is 33.5 Å². The van der Waals surface area contributed by atoms with Gasteiger partial charge in [0.25, 0.3) is 0 Å². The minimum atomic E-state index is 0.189. The summed E-state index contributed by atoms with van der Waals surface area (Å²) >= 11 is 1.94. The zero-order valence-corrected chi connectivity index (χ0v) is 22.3. The quantitative estimate of drug-likeness (QED) is 0.245. The van der Waals surface area contributed by atoms with Crippen molar-refractivity contribution in [1.82, 2.24) is 9.97 Å². The van der Waals surface area contributed by atoms with E-state index in [1.54, 1.807) is 0 Å².